The molecule has 0 radical (unpaired) electrons. The van der Waals surface area contributed by atoms with Crippen molar-refractivity contribution >= 4 is 22.5 Å². The van der Waals surface area contributed by atoms with Crippen molar-refractivity contribution < 1.29 is 4.74 Å². The molecule has 1 aromatic heterocycles. The van der Waals surface area contributed by atoms with Crippen molar-refractivity contribution in [3.05, 3.63) is 54.7 Å². The van der Waals surface area contributed by atoms with E-state index in [0.29, 0.717) is 5.82 Å². The first kappa shape index (κ1) is 11.5. The van der Waals surface area contributed by atoms with Gasteiger partial charge in [-0.05, 0) is 24.3 Å². The monoisotopic (exact) mass is 251 g/mol. The summed E-state index contributed by atoms with van der Waals surface area (Å²) in [5.41, 5.74) is 2.62. The second-order valence-corrected chi connectivity index (χ2v) is 4.07. The van der Waals surface area contributed by atoms with Gasteiger partial charge in [0.15, 0.2) is 0 Å². The molecule has 3 rings (SSSR count). The molecule has 0 atom stereocenters. The highest BCUT2D eigenvalue weighted by Gasteiger charge is 2.04. The summed E-state index contributed by atoms with van der Waals surface area (Å²) >= 11 is 0. The number of para-hydroxylation sites is 4. The molecular formula is C15H13N3O. The predicted molar refractivity (Wildman–Crippen MR) is 75.8 cm³/mol. The van der Waals surface area contributed by atoms with Gasteiger partial charge < -0.3 is 10.1 Å². The standard InChI is InChI=1S/C15H13N3O/c1-19-14-9-5-4-8-13(14)18-15-10-16-11-6-2-3-7-12(11)17-15/h2-10H,1H3,(H,17,18). The Bertz CT molecular complexity index is 712. The molecule has 94 valence electrons. The molecule has 3 aromatic rings. The van der Waals surface area contributed by atoms with Crippen LogP contribution in [0, 0.1) is 0 Å². The highest BCUT2D eigenvalue weighted by Crippen LogP contribution is 2.26. The summed E-state index contributed by atoms with van der Waals surface area (Å²) in [6, 6.07) is 15.5. The third-order valence-corrected chi connectivity index (χ3v) is 2.82. The van der Waals surface area contributed by atoms with E-state index in [9.17, 15) is 0 Å². The number of ether oxygens (including phenoxy) is 1. The third kappa shape index (κ3) is 2.33. The molecule has 0 aliphatic heterocycles. The van der Waals surface area contributed by atoms with Gasteiger partial charge in [0.2, 0.25) is 0 Å². The maximum Gasteiger partial charge on any atom is 0.149 e. The van der Waals surface area contributed by atoms with E-state index < -0.39 is 0 Å². The van der Waals surface area contributed by atoms with Crippen molar-refractivity contribution in [2.45, 2.75) is 0 Å². The highest BCUT2D eigenvalue weighted by molar-refractivity contribution is 5.76. The van der Waals surface area contributed by atoms with Gasteiger partial charge in [-0.15, -0.1) is 0 Å². The molecule has 0 saturated carbocycles. The summed E-state index contributed by atoms with van der Waals surface area (Å²) in [7, 11) is 1.65. The van der Waals surface area contributed by atoms with Crippen molar-refractivity contribution in [1.82, 2.24) is 9.97 Å². The van der Waals surface area contributed by atoms with Crippen LogP contribution in [0.5, 0.6) is 5.75 Å². The molecule has 0 unspecified atom stereocenters. The maximum atomic E-state index is 5.29. The summed E-state index contributed by atoms with van der Waals surface area (Å²) < 4.78 is 5.29. The number of anilines is 2. The van der Waals surface area contributed by atoms with Gasteiger partial charge in [-0.1, -0.05) is 24.3 Å². The molecule has 0 fully saturated rings. The molecule has 4 heteroatoms. The van der Waals surface area contributed by atoms with Crippen LogP contribution in [-0.2, 0) is 0 Å². The van der Waals surface area contributed by atoms with Crippen molar-refractivity contribution in [2.75, 3.05) is 12.4 Å². The number of hydrogen-bond acceptors (Lipinski definition) is 4. The fourth-order valence-corrected chi connectivity index (χ4v) is 1.90. The van der Waals surface area contributed by atoms with Crippen LogP contribution < -0.4 is 10.1 Å². The molecule has 0 aliphatic rings. The largest absolute Gasteiger partial charge is 0.495 e. The zero-order valence-electron chi connectivity index (χ0n) is 10.5. The van der Waals surface area contributed by atoms with Gasteiger partial charge >= 0.3 is 0 Å². The number of aromatic nitrogens is 2. The van der Waals surface area contributed by atoms with Gasteiger partial charge in [-0.25, -0.2) is 4.98 Å². The summed E-state index contributed by atoms with van der Waals surface area (Å²) in [5.74, 6) is 1.47. The second-order valence-electron chi connectivity index (χ2n) is 4.07. The minimum absolute atomic E-state index is 0.697. The Hall–Kier alpha value is -2.62. The lowest BCUT2D eigenvalue weighted by molar-refractivity contribution is 0.417. The van der Waals surface area contributed by atoms with E-state index in [1.54, 1.807) is 13.3 Å². The van der Waals surface area contributed by atoms with Gasteiger partial charge in [0.05, 0.1) is 30.0 Å². The van der Waals surface area contributed by atoms with Crippen LogP contribution in [0.2, 0.25) is 0 Å². The molecule has 1 N–H and O–H groups in total. The molecule has 0 bridgehead atoms. The van der Waals surface area contributed by atoms with E-state index in [1.165, 1.54) is 0 Å². The zero-order chi connectivity index (χ0) is 13.1. The maximum absolute atomic E-state index is 5.29. The molecule has 0 spiro atoms. The molecule has 2 aromatic carbocycles. The van der Waals surface area contributed by atoms with Gasteiger partial charge in [0.25, 0.3) is 0 Å². The van der Waals surface area contributed by atoms with Gasteiger partial charge in [-0.2, -0.15) is 0 Å². The number of fused-ring (bicyclic) bond motifs is 1. The highest BCUT2D eigenvalue weighted by atomic mass is 16.5. The summed E-state index contributed by atoms with van der Waals surface area (Å²) in [6.07, 6.45) is 1.72. The van der Waals surface area contributed by atoms with Crippen molar-refractivity contribution in [1.29, 1.82) is 0 Å². The van der Waals surface area contributed by atoms with Crippen molar-refractivity contribution in [3.63, 3.8) is 0 Å². The van der Waals surface area contributed by atoms with Crippen LogP contribution in [-0.4, -0.2) is 17.1 Å². The lowest BCUT2D eigenvalue weighted by atomic mass is 10.3. The Morgan fingerprint density at radius 3 is 2.53 bits per heavy atom. The number of rotatable bonds is 3. The summed E-state index contributed by atoms with van der Waals surface area (Å²) in [5, 5.41) is 3.22. The topological polar surface area (TPSA) is 47.0 Å². The molecule has 0 aliphatic carbocycles. The van der Waals surface area contributed by atoms with Crippen LogP contribution in [0.15, 0.2) is 54.7 Å². The normalized spacial score (nSPS) is 10.4. The van der Waals surface area contributed by atoms with Crippen molar-refractivity contribution in [3.8, 4) is 5.75 Å². The number of nitrogens with one attached hydrogen (secondary N) is 1. The lowest BCUT2D eigenvalue weighted by Crippen LogP contribution is -1.97. The lowest BCUT2D eigenvalue weighted by Gasteiger charge is -2.10. The Labute approximate surface area is 111 Å². The molecule has 0 amide bonds. The number of nitrogens with zero attached hydrogens (tertiary/aromatic N) is 2. The second kappa shape index (κ2) is 4.94. The van der Waals surface area contributed by atoms with Crippen LogP contribution >= 0.6 is 0 Å². The van der Waals surface area contributed by atoms with Gasteiger partial charge in [0, 0.05) is 0 Å². The van der Waals surface area contributed by atoms with E-state index in [2.05, 4.69) is 15.3 Å². The number of hydrogen-bond donors (Lipinski definition) is 1. The van der Waals surface area contributed by atoms with Crippen LogP contribution in [0.4, 0.5) is 11.5 Å². The molecule has 0 saturated heterocycles. The first-order valence-corrected chi connectivity index (χ1v) is 5.98. The SMILES string of the molecule is COc1ccccc1Nc1cnc2ccccc2n1. The zero-order valence-corrected chi connectivity index (χ0v) is 10.5. The number of methoxy groups -OCH3 is 1. The Morgan fingerprint density at radius 1 is 0.947 bits per heavy atom. The average molecular weight is 251 g/mol. The fraction of sp³-hybridized carbons (Fsp3) is 0.0667. The van der Waals surface area contributed by atoms with E-state index >= 15 is 0 Å². The van der Waals surface area contributed by atoms with E-state index in [0.717, 1.165) is 22.5 Å². The predicted octanol–water partition coefficient (Wildman–Crippen LogP) is 3.38. The third-order valence-electron chi connectivity index (χ3n) is 2.82. The average Bonchev–Trinajstić information content (AvgIpc) is 2.48. The first-order valence-electron chi connectivity index (χ1n) is 5.98. The summed E-state index contributed by atoms with van der Waals surface area (Å²) in [6.45, 7) is 0. The van der Waals surface area contributed by atoms with E-state index in [1.807, 2.05) is 48.5 Å². The minimum Gasteiger partial charge on any atom is -0.495 e. The number of benzene rings is 2. The van der Waals surface area contributed by atoms with Gasteiger partial charge in [0.1, 0.15) is 11.6 Å². The molecule has 19 heavy (non-hydrogen) atoms. The van der Waals surface area contributed by atoms with Crippen LogP contribution in [0.25, 0.3) is 11.0 Å². The Kier molecular flexibility index (Phi) is 2.98. The first-order chi connectivity index (χ1) is 9.36. The van der Waals surface area contributed by atoms with E-state index in [4.69, 9.17) is 4.74 Å². The minimum atomic E-state index is 0.697. The van der Waals surface area contributed by atoms with Gasteiger partial charge in [-0.3, -0.25) is 4.98 Å². The fourth-order valence-electron chi connectivity index (χ4n) is 1.90. The molecule has 1 heterocycles. The van der Waals surface area contributed by atoms with Crippen molar-refractivity contribution in [2.24, 2.45) is 0 Å². The Balaban J connectivity index is 1.96. The Morgan fingerprint density at radius 2 is 1.68 bits per heavy atom. The van der Waals surface area contributed by atoms with E-state index in [-0.39, 0.29) is 0 Å². The summed E-state index contributed by atoms with van der Waals surface area (Å²) in [4.78, 5) is 8.88. The quantitative estimate of drug-likeness (QED) is 0.775. The smallest absolute Gasteiger partial charge is 0.149 e. The van der Waals surface area contributed by atoms with Crippen LogP contribution in [0.1, 0.15) is 0 Å². The molecular weight excluding hydrogens is 238 g/mol. The molecule has 4 nitrogen and oxygen atoms in total. The van der Waals surface area contributed by atoms with Crippen LogP contribution in [0.3, 0.4) is 0 Å².